The molecule has 0 aliphatic carbocycles. The van der Waals surface area contributed by atoms with Gasteiger partial charge in [0.15, 0.2) is 0 Å². The molecular formula is C12H21N3O3. The zero-order valence-electron chi connectivity index (χ0n) is 10.8. The molecule has 18 heavy (non-hydrogen) atoms. The second kappa shape index (κ2) is 7.75. The highest BCUT2D eigenvalue weighted by molar-refractivity contribution is 5.67. The summed E-state index contributed by atoms with van der Waals surface area (Å²) >= 11 is 0. The van der Waals surface area contributed by atoms with Gasteiger partial charge in [-0.3, -0.25) is 0 Å². The van der Waals surface area contributed by atoms with Crippen molar-refractivity contribution in [3.05, 3.63) is 18.2 Å². The van der Waals surface area contributed by atoms with E-state index in [-0.39, 0.29) is 12.7 Å². The molecule has 0 aliphatic heterocycles. The van der Waals surface area contributed by atoms with Crippen molar-refractivity contribution in [1.82, 2.24) is 5.43 Å². The van der Waals surface area contributed by atoms with Crippen LogP contribution in [-0.2, 0) is 4.74 Å². The van der Waals surface area contributed by atoms with E-state index in [0.717, 1.165) is 11.4 Å². The second-order valence-electron chi connectivity index (χ2n) is 3.83. The number of hydrazine groups is 1. The second-order valence-corrected chi connectivity index (χ2v) is 3.83. The van der Waals surface area contributed by atoms with Crippen molar-refractivity contribution in [3.63, 3.8) is 0 Å². The molecule has 5 N–H and O–H groups in total. The van der Waals surface area contributed by atoms with E-state index >= 15 is 0 Å². The van der Waals surface area contributed by atoms with E-state index in [4.69, 9.17) is 20.3 Å². The minimum absolute atomic E-state index is 0.0469. The Morgan fingerprint density at radius 3 is 2.78 bits per heavy atom. The minimum atomic E-state index is -0.0469. The molecule has 1 unspecified atom stereocenters. The monoisotopic (exact) mass is 255 g/mol. The molecule has 1 aromatic carbocycles. The lowest BCUT2D eigenvalue weighted by Gasteiger charge is -2.17. The Labute approximate surface area is 107 Å². The van der Waals surface area contributed by atoms with E-state index in [9.17, 15) is 0 Å². The fourth-order valence-electron chi connectivity index (χ4n) is 1.48. The van der Waals surface area contributed by atoms with E-state index in [0.29, 0.717) is 18.7 Å². The van der Waals surface area contributed by atoms with Gasteiger partial charge in [-0.25, -0.2) is 5.43 Å². The number of nitrogens with one attached hydrogen (secondary N) is 2. The first-order valence-electron chi connectivity index (χ1n) is 5.77. The molecule has 0 spiro atoms. The molecule has 0 fully saturated rings. The lowest BCUT2D eigenvalue weighted by atomic mass is 10.2. The van der Waals surface area contributed by atoms with Gasteiger partial charge in [-0.15, -0.1) is 0 Å². The van der Waals surface area contributed by atoms with Crippen molar-refractivity contribution in [2.24, 2.45) is 0 Å². The average molecular weight is 255 g/mol. The first-order valence-corrected chi connectivity index (χ1v) is 5.77. The number of ether oxygens (including phenoxy) is 2. The predicted octanol–water partition coefficient (Wildman–Crippen LogP) is 0.591. The van der Waals surface area contributed by atoms with Crippen LogP contribution in [0.3, 0.4) is 0 Å². The van der Waals surface area contributed by atoms with Gasteiger partial charge < -0.3 is 25.7 Å². The van der Waals surface area contributed by atoms with Crippen molar-refractivity contribution >= 4 is 11.4 Å². The molecule has 6 heteroatoms. The van der Waals surface area contributed by atoms with Crippen LogP contribution in [0.15, 0.2) is 18.2 Å². The molecule has 1 atom stereocenters. The van der Waals surface area contributed by atoms with Crippen LogP contribution in [0.4, 0.5) is 11.4 Å². The van der Waals surface area contributed by atoms with E-state index in [2.05, 4.69) is 10.9 Å². The number of benzene rings is 1. The summed E-state index contributed by atoms with van der Waals surface area (Å²) in [7, 11) is 3.22. The number of rotatable bonds is 8. The Bertz CT molecular complexity index is 360. The summed E-state index contributed by atoms with van der Waals surface area (Å²) < 4.78 is 10.3. The highest BCUT2D eigenvalue weighted by Gasteiger charge is 2.06. The Kier molecular flexibility index (Phi) is 6.27. The first-order chi connectivity index (χ1) is 8.71. The van der Waals surface area contributed by atoms with E-state index in [1.54, 1.807) is 32.4 Å². The summed E-state index contributed by atoms with van der Waals surface area (Å²) in [5.41, 5.74) is 13.2. The smallest absolute Gasteiger partial charge is 0.121 e. The standard InChI is InChI=1S/C12H21N3O3/c1-17-9-3-4-11(13)12(7-9)15-14-8-10(18-2)5-6-16/h3-4,7,10,14-16H,5-6,8,13H2,1-2H3. The number of aliphatic hydroxyl groups excluding tert-OH is 1. The molecule has 0 radical (unpaired) electrons. The van der Waals surface area contributed by atoms with Crippen LogP contribution in [0.25, 0.3) is 0 Å². The predicted molar refractivity (Wildman–Crippen MR) is 71.5 cm³/mol. The SMILES string of the molecule is COc1ccc(N)c(NNCC(CCO)OC)c1. The number of hydrogen-bond donors (Lipinski definition) is 4. The summed E-state index contributed by atoms with van der Waals surface area (Å²) in [6, 6.07) is 5.37. The largest absolute Gasteiger partial charge is 0.497 e. The highest BCUT2D eigenvalue weighted by atomic mass is 16.5. The zero-order chi connectivity index (χ0) is 13.4. The maximum atomic E-state index is 8.83. The number of hydrogen-bond acceptors (Lipinski definition) is 6. The minimum Gasteiger partial charge on any atom is -0.497 e. The fraction of sp³-hybridized carbons (Fsp3) is 0.500. The summed E-state index contributed by atoms with van der Waals surface area (Å²) in [5.74, 6) is 0.729. The molecule has 0 saturated carbocycles. The van der Waals surface area contributed by atoms with Crippen LogP contribution < -0.4 is 21.3 Å². The van der Waals surface area contributed by atoms with Crippen LogP contribution in [0.1, 0.15) is 6.42 Å². The number of anilines is 2. The fourth-order valence-corrected chi connectivity index (χ4v) is 1.48. The Balaban J connectivity index is 2.47. The molecule has 0 heterocycles. The third-order valence-electron chi connectivity index (χ3n) is 2.60. The van der Waals surface area contributed by atoms with Crippen molar-refractivity contribution in [2.75, 3.05) is 38.5 Å². The van der Waals surface area contributed by atoms with Crippen LogP contribution in [-0.4, -0.2) is 38.6 Å². The normalized spacial score (nSPS) is 12.2. The summed E-state index contributed by atoms with van der Waals surface area (Å²) in [6.45, 7) is 0.662. The van der Waals surface area contributed by atoms with Gasteiger partial charge in [0.2, 0.25) is 0 Å². The van der Waals surface area contributed by atoms with E-state index in [1.807, 2.05) is 0 Å². The lowest BCUT2D eigenvalue weighted by Crippen LogP contribution is -2.33. The lowest BCUT2D eigenvalue weighted by molar-refractivity contribution is 0.0787. The van der Waals surface area contributed by atoms with Gasteiger partial charge in [0, 0.05) is 26.3 Å². The van der Waals surface area contributed by atoms with Crippen LogP contribution >= 0.6 is 0 Å². The topological polar surface area (TPSA) is 88.8 Å². The number of nitrogen functional groups attached to an aromatic ring is 1. The van der Waals surface area contributed by atoms with Crippen molar-refractivity contribution in [3.8, 4) is 5.75 Å². The van der Waals surface area contributed by atoms with E-state index < -0.39 is 0 Å². The maximum absolute atomic E-state index is 8.83. The summed E-state index contributed by atoms with van der Waals surface area (Å²) in [6.07, 6.45) is 0.535. The summed E-state index contributed by atoms with van der Waals surface area (Å²) in [4.78, 5) is 0. The van der Waals surface area contributed by atoms with Gasteiger partial charge in [-0.05, 0) is 18.6 Å². The molecular weight excluding hydrogens is 234 g/mol. The molecule has 0 aromatic heterocycles. The van der Waals surface area contributed by atoms with Crippen molar-refractivity contribution in [1.29, 1.82) is 0 Å². The molecule has 0 amide bonds. The van der Waals surface area contributed by atoms with Crippen molar-refractivity contribution < 1.29 is 14.6 Å². The maximum Gasteiger partial charge on any atom is 0.121 e. The third-order valence-corrected chi connectivity index (χ3v) is 2.60. The van der Waals surface area contributed by atoms with Gasteiger partial charge in [-0.2, -0.15) is 0 Å². The molecule has 0 bridgehead atoms. The van der Waals surface area contributed by atoms with Crippen molar-refractivity contribution in [2.45, 2.75) is 12.5 Å². The van der Waals surface area contributed by atoms with Crippen LogP contribution in [0, 0.1) is 0 Å². The molecule has 102 valence electrons. The molecule has 0 aliphatic rings. The van der Waals surface area contributed by atoms with Gasteiger partial charge in [-0.1, -0.05) is 0 Å². The third kappa shape index (κ3) is 4.40. The Morgan fingerprint density at radius 1 is 1.39 bits per heavy atom. The Morgan fingerprint density at radius 2 is 2.17 bits per heavy atom. The number of aliphatic hydroxyl groups is 1. The van der Waals surface area contributed by atoms with Gasteiger partial charge in [0.1, 0.15) is 5.75 Å². The Hall–Kier alpha value is -1.50. The van der Waals surface area contributed by atoms with Gasteiger partial charge in [0.25, 0.3) is 0 Å². The number of methoxy groups -OCH3 is 2. The zero-order valence-corrected chi connectivity index (χ0v) is 10.8. The number of nitrogens with two attached hydrogens (primary N) is 1. The van der Waals surface area contributed by atoms with Crippen LogP contribution in [0.5, 0.6) is 5.75 Å². The summed E-state index contributed by atoms with van der Waals surface area (Å²) in [5, 5.41) is 8.83. The molecule has 1 rings (SSSR count). The molecule has 6 nitrogen and oxygen atoms in total. The molecule has 0 saturated heterocycles. The first kappa shape index (κ1) is 14.6. The van der Waals surface area contributed by atoms with Gasteiger partial charge >= 0.3 is 0 Å². The highest BCUT2D eigenvalue weighted by Crippen LogP contribution is 2.23. The van der Waals surface area contributed by atoms with Gasteiger partial charge in [0.05, 0.1) is 24.6 Å². The van der Waals surface area contributed by atoms with E-state index in [1.165, 1.54) is 0 Å². The molecule has 1 aromatic rings. The van der Waals surface area contributed by atoms with Crippen LogP contribution in [0.2, 0.25) is 0 Å². The quantitative estimate of drug-likeness (QED) is 0.402. The average Bonchev–Trinajstić information content (AvgIpc) is 2.39.